The molecular weight excluding hydrogens is 270 g/mol. The van der Waals surface area contributed by atoms with Gasteiger partial charge in [0.25, 0.3) is 0 Å². The summed E-state index contributed by atoms with van der Waals surface area (Å²) in [7, 11) is 0. The van der Waals surface area contributed by atoms with E-state index in [1.54, 1.807) is 6.33 Å². The Morgan fingerprint density at radius 1 is 1.40 bits per heavy atom. The van der Waals surface area contributed by atoms with Crippen molar-refractivity contribution in [2.45, 2.75) is 51.6 Å². The number of fused-ring (bicyclic) bond motifs is 1. The van der Waals surface area contributed by atoms with Crippen molar-refractivity contribution in [2.75, 3.05) is 0 Å². The number of nitrogens with one attached hydrogen (secondary N) is 1. The normalized spacial score (nSPS) is 16.7. The fourth-order valence-electron chi connectivity index (χ4n) is 2.86. The van der Waals surface area contributed by atoms with Crippen LogP contribution in [0.5, 0.6) is 0 Å². The first-order valence-electron chi connectivity index (χ1n) is 7.28. The topological polar surface area (TPSA) is 68.8 Å². The lowest BCUT2D eigenvalue weighted by Gasteiger charge is -2.14. The van der Waals surface area contributed by atoms with Crippen LogP contribution in [0, 0.1) is 0 Å². The van der Waals surface area contributed by atoms with Crippen LogP contribution in [0.1, 0.15) is 53.4 Å². The van der Waals surface area contributed by atoms with Gasteiger partial charge in [0.2, 0.25) is 0 Å². The highest BCUT2D eigenvalue weighted by molar-refractivity contribution is 7.12. The standard InChI is InChI=1S/C14H21N5S/c1-2-19-14(16-9-17-19)13(18-15)12-8-10-6-4-3-5-7-11(10)20-12/h8-9,13,18H,2-7,15H2,1H3. The van der Waals surface area contributed by atoms with Crippen molar-refractivity contribution in [1.82, 2.24) is 20.2 Å². The van der Waals surface area contributed by atoms with Gasteiger partial charge in [-0.2, -0.15) is 5.10 Å². The fraction of sp³-hybridized carbons (Fsp3) is 0.571. The Morgan fingerprint density at radius 3 is 3.05 bits per heavy atom. The Balaban J connectivity index is 1.94. The minimum Gasteiger partial charge on any atom is -0.270 e. The van der Waals surface area contributed by atoms with Gasteiger partial charge >= 0.3 is 0 Å². The first kappa shape index (κ1) is 13.7. The number of nitrogens with two attached hydrogens (primary N) is 1. The van der Waals surface area contributed by atoms with Crippen molar-refractivity contribution in [1.29, 1.82) is 0 Å². The SMILES string of the molecule is CCn1ncnc1C(NN)c1cc2c(s1)CCCCC2. The van der Waals surface area contributed by atoms with Crippen molar-refractivity contribution < 1.29 is 0 Å². The summed E-state index contributed by atoms with van der Waals surface area (Å²) in [6, 6.07) is 2.25. The van der Waals surface area contributed by atoms with Crippen LogP contribution in [0.4, 0.5) is 0 Å². The van der Waals surface area contributed by atoms with Gasteiger partial charge in [-0.3, -0.25) is 5.84 Å². The van der Waals surface area contributed by atoms with Crippen LogP contribution in [0.2, 0.25) is 0 Å². The highest BCUT2D eigenvalue weighted by Gasteiger charge is 2.22. The van der Waals surface area contributed by atoms with E-state index in [9.17, 15) is 0 Å². The van der Waals surface area contributed by atoms with Crippen LogP contribution in [0.15, 0.2) is 12.4 Å². The Labute approximate surface area is 123 Å². The van der Waals surface area contributed by atoms with E-state index in [1.165, 1.54) is 47.4 Å². The molecule has 3 N–H and O–H groups in total. The number of thiophene rings is 1. The third-order valence-electron chi connectivity index (χ3n) is 3.92. The molecule has 0 aromatic carbocycles. The molecule has 20 heavy (non-hydrogen) atoms. The van der Waals surface area contributed by atoms with Crippen molar-refractivity contribution in [2.24, 2.45) is 5.84 Å². The maximum Gasteiger partial charge on any atom is 0.150 e. The highest BCUT2D eigenvalue weighted by atomic mass is 32.1. The van der Waals surface area contributed by atoms with Gasteiger partial charge in [0.15, 0.2) is 5.82 Å². The molecule has 1 unspecified atom stereocenters. The number of nitrogens with zero attached hydrogens (tertiary/aromatic N) is 3. The van der Waals surface area contributed by atoms with Gasteiger partial charge in [-0.25, -0.2) is 15.1 Å². The average Bonchev–Trinajstić information content (AvgIpc) is 3.02. The highest BCUT2D eigenvalue weighted by Crippen LogP contribution is 2.33. The second-order valence-corrected chi connectivity index (χ2v) is 6.36. The number of aryl methyl sites for hydroxylation is 3. The first-order valence-corrected chi connectivity index (χ1v) is 8.10. The van der Waals surface area contributed by atoms with E-state index >= 15 is 0 Å². The molecule has 0 amide bonds. The van der Waals surface area contributed by atoms with Gasteiger partial charge in [-0.15, -0.1) is 11.3 Å². The number of rotatable bonds is 4. The van der Waals surface area contributed by atoms with Gasteiger partial charge in [0.1, 0.15) is 12.4 Å². The van der Waals surface area contributed by atoms with Crippen LogP contribution in [0.25, 0.3) is 0 Å². The molecule has 0 fully saturated rings. The van der Waals surface area contributed by atoms with E-state index in [1.807, 2.05) is 16.0 Å². The zero-order valence-corrected chi connectivity index (χ0v) is 12.6. The molecule has 1 aliphatic rings. The Bertz CT molecular complexity index is 550. The minimum absolute atomic E-state index is 0.0608. The summed E-state index contributed by atoms with van der Waals surface area (Å²) in [6.07, 6.45) is 7.95. The molecule has 0 spiro atoms. The number of aromatic nitrogens is 3. The third kappa shape index (κ3) is 2.51. The lowest BCUT2D eigenvalue weighted by atomic mass is 10.1. The van der Waals surface area contributed by atoms with Crippen LogP contribution < -0.4 is 11.3 Å². The monoisotopic (exact) mass is 291 g/mol. The molecular formula is C14H21N5S. The molecule has 1 atom stereocenters. The summed E-state index contributed by atoms with van der Waals surface area (Å²) in [5, 5.41) is 4.24. The van der Waals surface area contributed by atoms with Crippen LogP contribution in [0.3, 0.4) is 0 Å². The molecule has 0 saturated heterocycles. The molecule has 0 bridgehead atoms. The van der Waals surface area contributed by atoms with Crippen molar-refractivity contribution >= 4 is 11.3 Å². The van der Waals surface area contributed by atoms with Gasteiger partial charge in [0, 0.05) is 16.3 Å². The molecule has 6 heteroatoms. The van der Waals surface area contributed by atoms with Gasteiger partial charge in [-0.05, 0) is 44.2 Å². The van der Waals surface area contributed by atoms with Crippen LogP contribution >= 0.6 is 11.3 Å². The molecule has 108 valence electrons. The second kappa shape index (κ2) is 6.03. The Morgan fingerprint density at radius 2 is 2.25 bits per heavy atom. The minimum atomic E-state index is -0.0608. The molecule has 2 aromatic rings. The predicted molar refractivity (Wildman–Crippen MR) is 80.4 cm³/mol. The maximum atomic E-state index is 5.78. The Kier molecular flexibility index (Phi) is 4.14. The maximum absolute atomic E-state index is 5.78. The quantitative estimate of drug-likeness (QED) is 0.515. The summed E-state index contributed by atoms with van der Waals surface area (Å²) >= 11 is 1.88. The lowest BCUT2D eigenvalue weighted by molar-refractivity contribution is 0.537. The smallest absolute Gasteiger partial charge is 0.150 e. The molecule has 1 aliphatic carbocycles. The molecule has 0 aliphatic heterocycles. The average molecular weight is 291 g/mol. The molecule has 3 rings (SSSR count). The van der Waals surface area contributed by atoms with E-state index in [4.69, 9.17) is 5.84 Å². The fourth-order valence-corrected chi connectivity index (χ4v) is 4.17. The summed E-state index contributed by atoms with van der Waals surface area (Å²) in [5.41, 5.74) is 4.41. The van der Waals surface area contributed by atoms with Crippen molar-refractivity contribution in [3.63, 3.8) is 0 Å². The molecule has 2 aromatic heterocycles. The second-order valence-electron chi connectivity index (χ2n) is 5.19. The van der Waals surface area contributed by atoms with E-state index < -0.39 is 0 Å². The van der Waals surface area contributed by atoms with E-state index in [0.717, 1.165) is 12.4 Å². The van der Waals surface area contributed by atoms with E-state index in [-0.39, 0.29) is 6.04 Å². The zero-order valence-electron chi connectivity index (χ0n) is 11.8. The van der Waals surface area contributed by atoms with E-state index in [2.05, 4.69) is 28.5 Å². The molecule has 0 radical (unpaired) electrons. The van der Waals surface area contributed by atoms with Crippen molar-refractivity contribution in [3.8, 4) is 0 Å². The largest absolute Gasteiger partial charge is 0.270 e. The molecule has 5 nitrogen and oxygen atoms in total. The van der Waals surface area contributed by atoms with Gasteiger partial charge in [0.05, 0.1) is 0 Å². The summed E-state index contributed by atoms with van der Waals surface area (Å²) in [6.45, 7) is 2.87. The lowest BCUT2D eigenvalue weighted by Crippen LogP contribution is -2.30. The van der Waals surface area contributed by atoms with Crippen LogP contribution in [-0.2, 0) is 19.4 Å². The van der Waals surface area contributed by atoms with Crippen molar-refractivity contribution in [3.05, 3.63) is 33.5 Å². The van der Waals surface area contributed by atoms with Crippen LogP contribution in [-0.4, -0.2) is 14.8 Å². The van der Waals surface area contributed by atoms with E-state index in [0.29, 0.717) is 0 Å². The number of hydrogen-bond donors (Lipinski definition) is 2. The number of hydrogen-bond acceptors (Lipinski definition) is 5. The summed E-state index contributed by atoms with van der Waals surface area (Å²) in [5.74, 6) is 6.68. The third-order valence-corrected chi connectivity index (χ3v) is 5.22. The number of hydrazine groups is 1. The zero-order chi connectivity index (χ0) is 13.9. The molecule has 2 heterocycles. The molecule has 0 saturated carbocycles. The van der Waals surface area contributed by atoms with Gasteiger partial charge in [-0.1, -0.05) is 6.42 Å². The first-order chi connectivity index (χ1) is 9.83. The van der Waals surface area contributed by atoms with Gasteiger partial charge < -0.3 is 0 Å². The predicted octanol–water partition coefficient (Wildman–Crippen LogP) is 2.18. The Hall–Kier alpha value is -1.24. The summed E-state index contributed by atoms with van der Waals surface area (Å²) < 4.78 is 1.90. The summed E-state index contributed by atoms with van der Waals surface area (Å²) in [4.78, 5) is 7.16.